The van der Waals surface area contributed by atoms with E-state index in [9.17, 15) is 0 Å². The molecule has 5 heteroatoms. The molecule has 0 fully saturated rings. The molecule has 0 unspecified atom stereocenters. The van der Waals surface area contributed by atoms with Gasteiger partial charge in [-0.15, -0.1) is 11.3 Å². The van der Waals surface area contributed by atoms with Crippen LogP contribution in [-0.4, -0.2) is 9.38 Å². The maximum absolute atomic E-state index is 6.06. The topological polar surface area (TPSA) is 43.3 Å². The second-order valence-corrected chi connectivity index (χ2v) is 5.20. The van der Waals surface area contributed by atoms with E-state index in [-0.39, 0.29) is 0 Å². The molecule has 0 radical (unpaired) electrons. The van der Waals surface area contributed by atoms with Crippen LogP contribution in [0.4, 0.5) is 5.82 Å². The van der Waals surface area contributed by atoms with Crippen molar-refractivity contribution >= 4 is 38.0 Å². The van der Waals surface area contributed by atoms with Crippen LogP contribution in [0.5, 0.6) is 0 Å². The molecule has 0 atom stereocenters. The Bertz CT molecular complexity index is 656. The summed E-state index contributed by atoms with van der Waals surface area (Å²) in [6, 6.07) is 7.99. The highest BCUT2D eigenvalue weighted by atomic mass is 79.9. The largest absolute Gasteiger partial charge is 0.383 e. The molecule has 0 aliphatic rings. The van der Waals surface area contributed by atoms with Crippen LogP contribution in [0.25, 0.3) is 16.2 Å². The lowest BCUT2D eigenvalue weighted by molar-refractivity contribution is 1.24. The van der Waals surface area contributed by atoms with E-state index in [0.29, 0.717) is 5.82 Å². The molecule has 1 aromatic carbocycles. The number of nitrogen functional groups attached to an aromatic ring is 1. The summed E-state index contributed by atoms with van der Waals surface area (Å²) in [5.41, 5.74) is 7.93. The van der Waals surface area contributed by atoms with Crippen molar-refractivity contribution in [1.29, 1.82) is 0 Å². The highest BCUT2D eigenvalue weighted by Crippen LogP contribution is 2.29. The minimum Gasteiger partial charge on any atom is -0.383 e. The molecular formula is C11H8BrN3S. The molecule has 2 aromatic heterocycles. The van der Waals surface area contributed by atoms with Crippen LogP contribution in [0.2, 0.25) is 0 Å². The normalized spacial score (nSPS) is 11.1. The Morgan fingerprint density at radius 1 is 1.38 bits per heavy atom. The second-order valence-electron chi connectivity index (χ2n) is 3.41. The first-order valence-electron chi connectivity index (χ1n) is 4.72. The lowest BCUT2D eigenvalue weighted by atomic mass is 10.1. The number of rotatable bonds is 1. The minimum atomic E-state index is 0.689. The summed E-state index contributed by atoms with van der Waals surface area (Å²) >= 11 is 5.03. The van der Waals surface area contributed by atoms with Gasteiger partial charge in [-0.3, -0.25) is 4.40 Å². The molecule has 0 saturated heterocycles. The van der Waals surface area contributed by atoms with E-state index in [1.165, 1.54) is 0 Å². The van der Waals surface area contributed by atoms with Gasteiger partial charge in [0.05, 0.1) is 0 Å². The van der Waals surface area contributed by atoms with Crippen molar-refractivity contribution in [3.8, 4) is 11.3 Å². The molecule has 0 amide bonds. The van der Waals surface area contributed by atoms with Crippen LogP contribution in [0, 0.1) is 0 Å². The van der Waals surface area contributed by atoms with Crippen LogP contribution < -0.4 is 5.73 Å². The van der Waals surface area contributed by atoms with Gasteiger partial charge in [-0.2, -0.15) is 0 Å². The van der Waals surface area contributed by atoms with Crippen LogP contribution in [-0.2, 0) is 0 Å². The zero-order valence-electron chi connectivity index (χ0n) is 8.22. The third-order valence-corrected chi connectivity index (χ3v) is 3.65. The summed E-state index contributed by atoms with van der Waals surface area (Å²) in [7, 11) is 0. The molecule has 0 spiro atoms. The molecule has 0 aliphatic heterocycles. The molecule has 3 aromatic rings. The molecular weight excluding hydrogens is 286 g/mol. The summed E-state index contributed by atoms with van der Waals surface area (Å²) in [4.78, 5) is 5.44. The molecule has 0 bridgehead atoms. The smallest absolute Gasteiger partial charge is 0.195 e. The van der Waals surface area contributed by atoms with Gasteiger partial charge in [0.2, 0.25) is 0 Å². The summed E-state index contributed by atoms with van der Waals surface area (Å²) < 4.78 is 2.93. The molecule has 16 heavy (non-hydrogen) atoms. The highest BCUT2D eigenvalue weighted by molar-refractivity contribution is 9.10. The summed E-state index contributed by atoms with van der Waals surface area (Å²) in [5, 5.41) is 1.98. The first kappa shape index (κ1) is 9.86. The van der Waals surface area contributed by atoms with Crippen LogP contribution >= 0.6 is 27.3 Å². The Kier molecular flexibility index (Phi) is 2.22. The standard InChI is InChI=1S/C11H8BrN3S/c12-8-3-1-2-7(6-8)9-10(13)15-4-5-16-11(15)14-9/h1-6H,13H2. The van der Waals surface area contributed by atoms with E-state index in [1.807, 2.05) is 40.2 Å². The van der Waals surface area contributed by atoms with Gasteiger partial charge >= 0.3 is 0 Å². The van der Waals surface area contributed by atoms with Gasteiger partial charge in [-0.05, 0) is 12.1 Å². The van der Waals surface area contributed by atoms with Gasteiger partial charge < -0.3 is 5.73 Å². The predicted octanol–water partition coefficient (Wildman–Crippen LogP) is 3.41. The van der Waals surface area contributed by atoms with Crippen molar-refractivity contribution in [3.05, 3.63) is 40.3 Å². The van der Waals surface area contributed by atoms with E-state index in [2.05, 4.69) is 20.9 Å². The van der Waals surface area contributed by atoms with Crippen molar-refractivity contribution in [2.75, 3.05) is 5.73 Å². The third-order valence-electron chi connectivity index (χ3n) is 2.40. The number of nitrogens with zero attached hydrogens (tertiary/aromatic N) is 2. The Balaban J connectivity index is 2.25. The maximum atomic E-state index is 6.06. The van der Waals surface area contributed by atoms with E-state index in [4.69, 9.17) is 5.73 Å². The van der Waals surface area contributed by atoms with Crippen molar-refractivity contribution in [3.63, 3.8) is 0 Å². The van der Waals surface area contributed by atoms with Crippen molar-refractivity contribution < 1.29 is 0 Å². The molecule has 0 aliphatic carbocycles. The summed E-state index contributed by atoms with van der Waals surface area (Å²) in [6.07, 6.45) is 1.93. The number of nitrogens with two attached hydrogens (primary N) is 1. The molecule has 0 saturated carbocycles. The van der Waals surface area contributed by atoms with Crippen molar-refractivity contribution in [1.82, 2.24) is 9.38 Å². The first-order valence-corrected chi connectivity index (χ1v) is 6.40. The average Bonchev–Trinajstić information content (AvgIpc) is 2.82. The number of anilines is 1. The quantitative estimate of drug-likeness (QED) is 0.747. The Hall–Kier alpha value is -1.33. The zero-order valence-corrected chi connectivity index (χ0v) is 10.6. The van der Waals surface area contributed by atoms with Gasteiger partial charge in [-0.1, -0.05) is 28.1 Å². The number of hydrogen-bond donors (Lipinski definition) is 1. The molecule has 3 nitrogen and oxygen atoms in total. The van der Waals surface area contributed by atoms with Gasteiger partial charge in [0.15, 0.2) is 4.96 Å². The Morgan fingerprint density at radius 2 is 2.25 bits per heavy atom. The number of thiazole rings is 1. The first-order chi connectivity index (χ1) is 7.75. The molecule has 2 N–H and O–H groups in total. The zero-order chi connectivity index (χ0) is 11.1. The fourth-order valence-corrected chi connectivity index (χ4v) is 2.77. The third kappa shape index (κ3) is 1.44. The summed E-state index contributed by atoms with van der Waals surface area (Å²) in [5.74, 6) is 0.689. The van der Waals surface area contributed by atoms with Crippen molar-refractivity contribution in [2.24, 2.45) is 0 Å². The van der Waals surface area contributed by atoms with Gasteiger partial charge in [0, 0.05) is 21.6 Å². The SMILES string of the molecule is Nc1c(-c2cccc(Br)c2)nc2sccn12. The molecule has 80 valence electrons. The maximum Gasteiger partial charge on any atom is 0.195 e. The van der Waals surface area contributed by atoms with Crippen LogP contribution in [0.1, 0.15) is 0 Å². The van der Waals surface area contributed by atoms with E-state index >= 15 is 0 Å². The lowest BCUT2D eigenvalue weighted by Crippen LogP contribution is -1.91. The van der Waals surface area contributed by atoms with E-state index in [0.717, 1.165) is 20.7 Å². The molecule has 3 rings (SSSR count). The number of imidazole rings is 1. The number of benzene rings is 1. The van der Waals surface area contributed by atoms with Gasteiger partial charge in [0.25, 0.3) is 0 Å². The Morgan fingerprint density at radius 3 is 3.00 bits per heavy atom. The highest BCUT2D eigenvalue weighted by Gasteiger charge is 2.11. The van der Waals surface area contributed by atoms with E-state index in [1.54, 1.807) is 11.3 Å². The Labute approximate surface area is 105 Å². The fourth-order valence-electron chi connectivity index (χ4n) is 1.65. The molecule has 2 heterocycles. The number of hydrogen-bond acceptors (Lipinski definition) is 3. The van der Waals surface area contributed by atoms with Crippen LogP contribution in [0.3, 0.4) is 0 Å². The lowest BCUT2D eigenvalue weighted by Gasteiger charge is -1.99. The number of halogens is 1. The van der Waals surface area contributed by atoms with Gasteiger partial charge in [0.1, 0.15) is 11.5 Å². The van der Waals surface area contributed by atoms with Crippen LogP contribution in [0.15, 0.2) is 40.3 Å². The second kappa shape index (κ2) is 3.61. The fraction of sp³-hybridized carbons (Fsp3) is 0. The van der Waals surface area contributed by atoms with E-state index < -0.39 is 0 Å². The average molecular weight is 294 g/mol. The monoisotopic (exact) mass is 293 g/mol. The number of aromatic nitrogens is 2. The van der Waals surface area contributed by atoms with Crippen molar-refractivity contribution in [2.45, 2.75) is 0 Å². The minimum absolute atomic E-state index is 0.689. The summed E-state index contributed by atoms with van der Waals surface area (Å²) in [6.45, 7) is 0. The number of fused-ring (bicyclic) bond motifs is 1. The van der Waals surface area contributed by atoms with Gasteiger partial charge in [-0.25, -0.2) is 4.98 Å². The predicted molar refractivity (Wildman–Crippen MR) is 70.6 cm³/mol.